The molecule has 1 aliphatic heterocycles. The average molecular weight is 263 g/mol. The molecule has 0 saturated carbocycles. The monoisotopic (exact) mass is 263 g/mol. The van der Waals surface area contributed by atoms with Crippen LogP contribution in [0.4, 0.5) is 11.4 Å². The molecule has 1 aromatic rings. The maximum absolute atomic E-state index is 11.5. The highest BCUT2D eigenvalue weighted by molar-refractivity contribution is 5.99. The summed E-state index contributed by atoms with van der Waals surface area (Å²) >= 11 is 0. The number of anilines is 1. The largest absolute Gasteiger partial charge is 0.371 e. The first-order chi connectivity index (χ1) is 9.09. The van der Waals surface area contributed by atoms with Gasteiger partial charge >= 0.3 is 0 Å². The minimum Gasteiger partial charge on any atom is -0.371 e. The van der Waals surface area contributed by atoms with Gasteiger partial charge in [0.25, 0.3) is 11.6 Å². The summed E-state index contributed by atoms with van der Waals surface area (Å²) in [6.07, 6.45) is 4.48. The van der Waals surface area contributed by atoms with E-state index in [0.717, 1.165) is 25.9 Å². The number of carbonyl (C=O) groups excluding carboxylic acids is 1. The van der Waals surface area contributed by atoms with Gasteiger partial charge in [-0.15, -0.1) is 0 Å². The summed E-state index contributed by atoms with van der Waals surface area (Å²) in [5, 5.41) is 10.8. The molecule has 0 unspecified atom stereocenters. The molecular formula is C13H17N3O3. The second-order valence-electron chi connectivity index (χ2n) is 4.72. The molecule has 2 rings (SSSR count). The van der Waals surface area contributed by atoms with E-state index in [2.05, 4.69) is 4.90 Å². The van der Waals surface area contributed by atoms with Crippen LogP contribution in [-0.2, 0) is 0 Å². The fourth-order valence-electron chi connectivity index (χ4n) is 2.42. The van der Waals surface area contributed by atoms with Crippen molar-refractivity contribution >= 4 is 17.3 Å². The van der Waals surface area contributed by atoms with Crippen LogP contribution in [0, 0.1) is 10.1 Å². The summed E-state index contributed by atoms with van der Waals surface area (Å²) in [6.45, 7) is 1.72. The summed E-state index contributed by atoms with van der Waals surface area (Å²) in [5.74, 6) is -0.622. The van der Waals surface area contributed by atoms with Gasteiger partial charge in [0.15, 0.2) is 0 Å². The quantitative estimate of drug-likeness (QED) is 0.667. The Bertz CT molecular complexity index is 494. The Hall–Kier alpha value is -2.11. The van der Waals surface area contributed by atoms with Crippen molar-refractivity contribution in [1.82, 2.24) is 0 Å². The maximum Gasteiger partial charge on any atom is 0.270 e. The first-order valence-electron chi connectivity index (χ1n) is 6.43. The minimum absolute atomic E-state index is 0.104. The van der Waals surface area contributed by atoms with E-state index in [1.165, 1.54) is 25.0 Å². The number of primary amides is 1. The van der Waals surface area contributed by atoms with E-state index in [-0.39, 0.29) is 11.3 Å². The Morgan fingerprint density at radius 1 is 1.21 bits per heavy atom. The van der Waals surface area contributed by atoms with Crippen molar-refractivity contribution in [2.45, 2.75) is 25.7 Å². The maximum atomic E-state index is 11.5. The molecule has 0 radical (unpaired) electrons. The average Bonchev–Trinajstić information content (AvgIpc) is 2.66. The zero-order valence-corrected chi connectivity index (χ0v) is 10.7. The Morgan fingerprint density at radius 3 is 2.37 bits per heavy atom. The number of nitro groups is 1. The summed E-state index contributed by atoms with van der Waals surface area (Å²) < 4.78 is 0. The number of carbonyl (C=O) groups is 1. The number of hydrogen-bond acceptors (Lipinski definition) is 4. The van der Waals surface area contributed by atoms with Crippen LogP contribution in [0.1, 0.15) is 36.0 Å². The summed E-state index contributed by atoms with van der Waals surface area (Å²) in [6, 6.07) is 4.32. The van der Waals surface area contributed by atoms with Crippen LogP contribution in [0.5, 0.6) is 0 Å². The second-order valence-corrected chi connectivity index (χ2v) is 4.72. The van der Waals surface area contributed by atoms with Crippen molar-refractivity contribution in [2.24, 2.45) is 5.73 Å². The van der Waals surface area contributed by atoms with Crippen molar-refractivity contribution in [3.05, 3.63) is 33.9 Å². The van der Waals surface area contributed by atoms with Crippen LogP contribution in [0.2, 0.25) is 0 Å². The van der Waals surface area contributed by atoms with Gasteiger partial charge in [0.05, 0.1) is 16.2 Å². The molecule has 2 N–H and O–H groups in total. The van der Waals surface area contributed by atoms with Gasteiger partial charge in [-0.05, 0) is 18.9 Å². The third-order valence-electron chi connectivity index (χ3n) is 3.40. The number of amides is 1. The minimum atomic E-state index is -0.622. The van der Waals surface area contributed by atoms with Crippen LogP contribution >= 0.6 is 0 Å². The lowest BCUT2D eigenvalue weighted by Gasteiger charge is -2.24. The third-order valence-corrected chi connectivity index (χ3v) is 3.40. The van der Waals surface area contributed by atoms with Crippen LogP contribution in [0.25, 0.3) is 0 Å². The van der Waals surface area contributed by atoms with Crippen molar-refractivity contribution in [3.63, 3.8) is 0 Å². The second kappa shape index (κ2) is 5.69. The number of hydrogen-bond donors (Lipinski definition) is 1. The molecule has 0 spiro atoms. The topological polar surface area (TPSA) is 89.5 Å². The van der Waals surface area contributed by atoms with E-state index in [4.69, 9.17) is 5.73 Å². The number of rotatable bonds is 3. The SMILES string of the molecule is NC(=O)c1cc([N+](=O)[O-])ccc1N1CCCCCC1. The molecule has 1 aromatic carbocycles. The molecule has 0 aliphatic carbocycles. The van der Waals surface area contributed by atoms with Crippen LogP contribution in [-0.4, -0.2) is 23.9 Å². The standard InChI is InChI=1S/C13H17N3O3/c14-13(17)11-9-10(16(18)19)5-6-12(11)15-7-3-1-2-4-8-15/h5-6,9H,1-4,7-8H2,(H2,14,17). The van der Waals surface area contributed by atoms with E-state index in [1.54, 1.807) is 6.07 Å². The number of non-ortho nitro benzene ring substituents is 1. The molecule has 1 saturated heterocycles. The number of nitrogens with two attached hydrogens (primary N) is 1. The first-order valence-corrected chi connectivity index (χ1v) is 6.43. The lowest BCUT2D eigenvalue weighted by Crippen LogP contribution is -2.27. The highest BCUT2D eigenvalue weighted by Gasteiger charge is 2.19. The van der Waals surface area contributed by atoms with Crippen molar-refractivity contribution in [3.8, 4) is 0 Å². The molecule has 1 fully saturated rings. The molecule has 0 bridgehead atoms. The molecular weight excluding hydrogens is 246 g/mol. The lowest BCUT2D eigenvalue weighted by atomic mass is 10.1. The molecule has 1 aliphatic rings. The summed E-state index contributed by atoms with van der Waals surface area (Å²) in [4.78, 5) is 23.8. The van der Waals surface area contributed by atoms with Gasteiger partial charge in [0.1, 0.15) is 0 Å². The van der Waals surface area contributed by atoms with E-state index in [1.807, 2.05) is 0 Å². The molecule has 6 heteroatoms. The zero-order valence-electron chi connectivity index (χ0n) is 10.7. The van der Waals surface area contributed by atoms with Crippen molar-refractivity contribution < 1.29 is 9.72 Å². The molecule has 102 valence electrons. The molecule has 1 heterocycles. The number of benzene rings is 1. The highest BCUT2D eigenvalue weighted by atomic mass is 16.6. The van der Waals surface area contributed by atoms with E-state index < -0.39 is 10.8 Å². The van der Waals surface area contributed by atoms with Gasteiger partial charge in [-0.25, -0.2) is 0 Å². The van der Waals surface area contributed by atoms with Crippen molar-refractivity contribution in [1.29, 1.82) is 0 Å². The molecule has 0 atom stereocenters. The van der Waals surface area contributed by atoms with Crippen LogP contribution in [0.15, 0.2) is 18.2 Å². The van der Waals surface area contributed by atoms with Gasteiger partial charge in [-0.1, -0.05) is 12.8 Å². The van der Waals surface area contributed by atoms with Gasteiger partial charge in [0, 0.05) is 25.2 Å². The fraction of sp³-hybridized carbons (Fsp3) is 0.462. The normalized spacial score (nSPS) is 15.9. The first kappa shape index (κ1) is 13.3. The molecule has 19 heavy (non-hydrogen) atoms. The predicted octanol–water partition coefficient (Wildman–Crippen LogP) is 2.07. The Morgan fingerprint density at radius 2 is 1.84 bits per heavy atom. The lowest BCUT2D eigenvalue weighted by molar-refractivity contribution is -0.384. The summed E-state index contributed by atoms with van der Waals surface area (Å²) in [5.41, 5.74) is 6.18. The van der Waals surface area contributed by atoms with Gasteiger partial charge in [-0.2, -0.15) is 0 Å². The third kappa shape index (κ3) is 3.01. The summed E-state index contributed by atoms with van der Waals surface area (Å²) in [7, 11) is 0. The molecule has 6 nitrogen and oxygen atoms in total. The van der Waals surface area contributed by atoms with Gasteiger partial charge in [0.2, 0.25) is 0 Å². The fourth-order valence-corrected chi connectivity index (χ4v) is 2.42. The molecule has 1 amide bonds. The van der Waals surface area contributed by atoms with E-state index >= 15 is 0 Å². The Labute approximate surface area is 111 Å². The van der Waals surface area contributed by atoms with Gasteiger partial charge in [-0.3, -0.25) is 14.9 Å². The van der Waals surface area contributed by atoms with Crippen LogP contribution < -0.4 is 10.6 Å². The van der Waals surface area contributed by atoms with Gasteiger partial charge < -0.3 is 10.6 Å². The smallest absolute Gasteiger partial charge is 0.270 e. The molecule has 0 aromatic heterocycles. The number of nitro benzene ring substituents is 1. The van der Waals surface area contributed by atoms with Crippen molar-refractivity contribution in [2.75, 3.05) is 18.0 Å². The van der Waals surface area contributed by atoms with E-state index in [0.29, 0.717) is 5.69 Å². The highest BCUT2D eigenvalue weighted by Crippen LogP contribution is 2.27. The van der Waals surface area contributed by atoms with Crippen LogP contribution in [0.3, 0.4) is 0 Å². The predicted molar refractivity (Wildman–Crippen MR) is 72.3 cm³/mol. The number of nitrogens with zero attached hydrogens (tertiary/aromatic N) is 2. The van der Waals surface area contributed by atoms with E-state index in [9.17, 15) is 14.9 Å². The Balaban J connectivity index is 2.37. The Kier molecular flexibility index (Phi) is 3.99. The zero-order chi connectivity index (χ0) is 13.8.